The molecule has 60 heavy (non-hydrogen) atoms. The first-order chi connectivity index (χ1) is 29.0. The van der Waals surface area contributed by atoms with Crippen LogP contribution in [0.4, 0.5) is 17.2 Å². The minimum atomic E-state index is -0.645. The first-order valence-corrected chi connectivity index (χ1v) is 21.8. The fourth-order valence-corrected chi connectivity index (χ4v) is 9.84. The van der Waals surface area contributed by atoms with Crippen molar-refractivity contribution in [2.24, 2.45) is 11.8 Å². The van der Waals surface area contributed by atoms with Gasteiger partial charge in [0.15, 0.2) is 0 Å². The summed E-state index contributed by atoms with van der Waals surface area (Å²) in [7, 11) is 1.65. The first-order valence-electron chi connectivity index (χ1n) is 21.8. The van der Waals surface area contributed by atoms with Crippen LogP contribution in [0.1, 0.15) is 85.5 Å². The molecule has 318 valence electrons. The van der Waals surface area contributed by atoms with Crippen LogP contribution in [0.15, 0.2) is 42.7 Å². The van der Waals surface area contributed by atoms with Crippen LogP contribution in [0.5, 0.6) is 11.5 Å². The van der Waals surface area contributed by atoms with E-state index in [0.717, 1.165) is 127 Å². The molecule has 2 aromatic carbocycles. The average Bonchev–Trinajstić information content (AvgIpc) is 3.90. The minimum Gasteiger partial charge on any atom is -0.494 e. The second-order valence-corrected chi connectivity index (χ2v) is 17.9. The van der Waals surface area contributed by atoms with Gasteiger partial charge in [-0.2, -0.15) is 0 Å². The van der Waals surface area contributed by atoms with Crippen molar-refractivity contribution in [1.82, 2.24) is 30.0 Å². The van der Waals surface area contributed by atoms with E-state index in [9.17, 15) is 14.4 Å². The molecule has 3 amide bonds. The van der Waals surface area contributed by atoms with Crippen molar-refractivity contribution in [3.63, 3.8) is 0 Å². The van der Waals surface area contributed by atoms with Gasteiger partial charge in [0.25, 0.3) is 5.91 Å². The van der Waals surface area contributed by atoms with Crippen LogP contribution in [0.3, 0.4) is 0 Å². The highest BCUT2D eigenvalue weighted by atomic mass is 16.5. The van der Waals surface area contributed by atoms with Crippen LogP contribution < -0.4 is 30.3 Å². The number of piperazine rings is 1. The zero-order valence-electron chi connectivity index (χ0n) is 35.0. The van der Waals surface area contributed by atoms with Crippen LogP contribution in [0, 0.1) is 17.2 Å². The quantitative estimate of drug-likeness (QED) is 0.137. The molecule has 15 heteroatoms. The van der Waals surface area contributed by atoms with Crippen molar-refractivity contribution in [3.05, 3.63) is 65.1 Å². The molecular weight excluding hydrogens is 761 g/mol. The molecule has 1 aromatic heterocycles. The van der Waals surface area contributed by atoms with Crippen LogP contribution in [-0.2, 0) is 16.1 Å². The molecule has 15 nitrogen and oxygen atoms in total. The summed E-state index contributed by atoms with van der Waals surface area (Å²) in [5.41, 5.74) is 10.6. The summed E-state index contributed by atoms with van der Waals surface area (Å²) < 4.78 is 12.1. The molecular formula is C45H58N10O5. The number of methoxy groups -OCH3 is 1. The van der Waals surface area contributed by atoms with Crippen molar-refractivity contribution in [2.75, 3.05) is 88.1 Å². The second-order valence-electron chi connectivity index (χ2n) is 17.9. The Balaban J connectivity index is 0.713. The van der Waals surface area contributed by atoms with E-state index in [2.05, 4.69) is 41.8 Å². The van der Waals surface area contributed by atoms with Gasteiger partial charge in [0, 0.05) is 100 Å². The monoisotopic (exact) mass is 818 g/mol. The molecule has 9 rings (SSSR count). The molecule has 1 unspecified atom stereocenters. The van der Waals surface area contributed by atoms with E-state index < -0.39 is 11.9 Å². The lowest BCUT2D eigenvalue weighted by Gasteiger charge is -2.41. The van der Waals surface area contributed by atoms with Gasteiger partial charge in [-0.1, -0.05) is 0 Å². The largest absolute Gasteiger partial charge is 0.494 e. The van der Waals surface area contributed by atoms with Crippen LogP contribution in [0.2, 0.25) is 0 Å². The Bertz CT molecular complexity index is 2140. The van der Waals surface area contributed by atoms with Crippen molar-refractivity contribution < 1.29 is 23.9 Å². The summed E-state index contributed by atoms with van der Waals surface area (Å²) in [6.45, 7) is 12.8. The molecule has 5 fully saturated rings. The molecule has 1 aliphatic carbocycles. The first kappa shape index (κ1) is 40.1. The Morgan fingerprint density at radius 1 is 0.867 bits per heavy atom. The molecule has 0 radical (unpaired) electrons. The number of nitrogens with one attached hydrogen (secondary N) is 2. The maximum atomic E-state index is 13.4. The number of nitrogens with zero attached hydrogens (tertiary/aromatic N) is 7. The Hall–Kier alpha value is -5.28. The number of rotatable bonds is 12. The maximum Gasteiger partial charge on any atom is 0.255 e. The summed E-state index contributed by atoms with van der Waals surface area (Å²) in [4.78, 5) is 58.3. The van der Waals surface area contributed by atoms with Crippen LogP contribution in [0.25, 0.3) is 0 Å². The molecule has 0 bridgehead atoms. The Morgan fingerprint density at radius 3 is 2.17 bits per heavy atom. The number of nitrogens with two attached hydrogens (primary N) is 1. The molecule has 3 aromatic rings. The van der Waals surface area contributed by atoms with E-state index in [1.807, 2.05) is 36.4 Å². The number of aromatic nitrogens is 2. The minimum absolute atomic E-state index is 0.110. The van der Waals surface area contributed by atoms with E-state index in [1.54, 1.807) is 18.3 Å². The number of ether oxygens (including phenoxy) is 2. The smallest absolute Gasteiger partial charge is 0.255 e. The number of carbonyl (C=O) groups is 3. The SMILES string of the molecule is COc1c(N2CCC(CN3CCN(CC4CCN(c5cc(C(=N)c6cc(OC7(C)CC7)ccc6N)ncn5)CC4)CC3)CC2)ccc2c1CN(C1CCC(=O)NC1=O)C2=O. The fourth-order valence-electron chi connectivity index (χ4n) is 9.84. The van der Waals surface area contributed by atoms with Gasteiger partial charge < -0.3 is 39.7 Å². The van der Waals surface area contributed by atoms with Crippen molar-refractivity contribution in [1.29, 1.82) is 5.41 Å². The number of fused-ring (bicyclic) bond motifs is 1. The second kappa shape index (κ2) is 16.6. The van der Waals surface area contributed by atoms with Gasteiger partial charge in [-0.05, 0) is 94.0 Å². The highest BCUT2D eigenvalue weighted by molar-refractivity contribution is 6.13. The predicted octanol–water partition coefficient (Wildman–Crippen LogP) is 3.93. The highest BCUT2D eigenvalue weighted by Gasteiger charge is 2.42. The van der Waals surface area contributed by atoms with Gasteiger partial charge >= 0.3 is 0 Å². The lowest BCUT2D eigenvalue weighted by molar-refractivity contribution is -0.136. The van der Waals surface area contributed by atoms with E-state index in [-0.39, 0.29) is 29.5 Å². The lowest BCUT2D eigenvalue weighted by Crippen LogP contribution is -2.52. The maximum absolute atomic E-state index is 13.4. The van der Waals surface area contributed by atoms with Gasteiger partial charge in [-0.15, -0.1) is 0 Å². The zero-order valence-corrected chi connectivity index (χ0v) is 35.0. The van der Waals surface area contributed by atoms with Crippen LogP contribution in [-0.4, -0.2) is 132 Å². The molecule has 6 heterocycles. The summed E-state index contributed by atoms with van der Waals surface area (Å²) in [5, 5.41) is 11.3. The predicted molar refractivity (Wildman–Crippen MR) is 229 cm³/mol. The molecule has 4 saturated heterocycles. The number of anilines is 3. The Kier molecular flexibility index (Phi) is 11.1. The zero-order chi connectivity index (χ0) is 41.5. The van der Waals surface area contributed by atoms with Gasteiger partial charge in [0.2, 0.25) is 11.8 Å². The summed E-state index contributed by atoms with van der Waals surface area (Å²) in [6, 6.07) is 10.7. The summed E-state index contributed by atoms with van der Waals surface area (Å²) in [6.07, 6.45) is 8.65. The van der Waals surface area contributed by atoms with Crippen molar-refractivity contribution in [3.8, 4) is 11.5 Å². The third-order valence-corrected chi connectivity index (χ3v) is 13.8. The number of hydrogen-bond donors (Lipinski definition) is 3. The molecule has 4 N–H and O–H groups in total. The molecule has 0 spiro atoms. The van der Waals surface area contributed by atoms with Gasteiger partial charge in [0.05, 0.1) is 30.7 Å². The van der Waals surface area contributed by atoms with Gasteiger partial charge in [-0.3, -0.25) is 25.1 Å². The Morgan fingerprint density at radius 2 is 1.53 bits per heavy atom. The Labute approximate surface area is 352 Å². The number of amides is 3. The third-order valence-electron chi connectivity index (χ3n) is 13.8. The van der Waals surface area contributed by atoms with Gasteiger partial charge in [-0.25, -0.2) is 9.97 Å². The van der Waals surface area contributed by atoms with Crippen molar-refractivity contribution >= 4 is 40.6 Å². The molecule has 5 aliphatic heterocycles. The molecule has 6 aliphatic rings. The number of benzene rings is 2. The van der Waals surface area contributed by atoms with E-state index in [1.165, 1.54) is 0 Å². The van der Waals surface area contributed by atoms with Crippen LogP contribution >= 0.6 is 0 Å². The lowest BCUT2D eigenvalue weighted by atomic mass is 9.94. The molecule has 1 atom stereocenters. The number of nitrogen functional groups attached to an aromatic ring is 1. The summed E-state index contributed by atoms with van der Waals surface area (Å²) in [5.74, 6) is 2.73. The standard InChI is InChI=1S/C45H58N10O5/c1-45(13-14-45)60-31-3-5-35(46)33(23-31)41(47)36-24-39(49-28-48-36)54-17-11-30(12-18-54)26-52-21-19-51(20-22-52)25-29-9-15-53(16-10-29)37-6-4-32-34(42(37)59-2)27-55(44(32)58)38-7-8-40(56)50-43(38)57/h3-6,23-24,28-30,38,47H,7-22,25-27,46H2,1-2H3,(H,50,56,57). The number of hydrogen-bond acceptors (Lipinski definition) is 13. The van der Waals surface area contributed by atoms with E-state index in [4.69, 9.17) is 20.6 Å². The topological polar surface area (TPSA) is 174 Å². The van der Waals surface area contributed by atoms with E-state index in [0.29, 0.717) is 53.1 Å². The average molecular weight is 819 g/mol. The number of piperidine rings is 3. The van der Waals surface area contributed by atoms with Gasteiger partial charge in [0.1, 0.15) is 35.3 Å². The fraction of sp³-hybridized carbons (Fsp3) is 0.556. The third kappa shape index (κ3) is 8.38. The highest BCUT2D eigenvalue weighted by Crippen LogP contribution is 2.42. The molecule has 1 saturated carbocycles. The normalized spacial score (nSPS) is 22.8. The van der Waals surface area contributed by atoms with Crippen molar-refractivity contribution in [2.45, 2.75) is 76.5 Å². The van der Waals surface area contributed by atoms with E-state index >= 15 is 0 Å². The number of imide groups is 1. The number of carbonyl (C=O) groups excluding carboxylic acids is 3. The summed E-state index contributed by atoms with van der Waals surface area (Å²) >= 11 is 0.